The lowest BCUT2D eigenvalue weighted by atomic mass is 9.83. The van der Waals surface area contributed by atoms with E-state index in [9.17, 15) is 100 Å². The summed E-state index contributed by atoms with van der Waals surface area (Å²) < 4.78 is 59.0. The van der Waals surface area contributed by atoms with Crippen molar-refractivity contribution in [2.24, 2.45) is 28.8 Å². The summed E-state index contributed by atoms with van der Waals surface area (Å²) >= 11 is 0. The molecule has 2 aliphatic rings. The van der Waals surface area contributed by atoms with Crippen molar-refractivity contribution in [1.29, 1.82) is 0 Å². The van der Waals surface area contributed by atoms with Gasteiger partial charge in [0, 0.05) is 14.1 Å². The molecule has 692 valence electrons. The zero-order valence-corrected chi connectivity index (χ0v) is 73.0. The van der Waals surface area contributed by atoms with Crippen molar-refractivity contribution in [1.82, 2.24) is 74.5 Å². The molecule has 129 heavy (non-hydrogen) atoms. The zero-order chi connectivity index (χ0) is 94.6. The van der Waals surface area contributed by atoms with Gasteiger partial charge in [-0.3, -0.25) is 62.3 Å². The minimum absolute atomic E-state index is 0.0190. The summed E-state index contributed by atoms with van der Waals surface area (Å²) in [5.41, 5.74) is -0.223. The molecule has 0 saturated heterocycles. The summed E-state index contributed by atoms with van der Waals surface area (Å²) in [5, 5.41) is 56.6. The third-order valence-corrected chi connectivity index (χ3v) is 21.6. The van der Waals surface area contributed by atoms with Crippen molar-refractivity contribution in [3.8, 4) is 0 Å². The maximum Gasteiger partial charge on any atom is 0.339 e. The number of carboxylic acid groups (broad SMARTS) is 2. The number of carboxylic acids is 2. The number of Topliss-reactive ketones (excluding diaryl/α,β-unsaturated/α-hetero) is 1. The van der Waals surface area contributed by atoms with Gasteiger partial charge in [0.15, 0.2) is 0 Å². The molecule has 14 amide bonds. The van der Waals surface area contributed by atoms with Crippen molar-refractivity contribution in [2.75, 3.05) is 27.2 Å². The van der Waals surface area contributed by atoms with E-state index in [2.05, 4.69) is 79.6 Å². The van der Waals surface area contributed by atoms with Gasteiger partial charge in [-0.1, -0.05) is 214 Å². The van der Waals surface area contributed by atoms with Crippen LogP contribution in [0.2, 0.25) is 0 Å². The summed E-state index contributed by atoms with van der Waals surface area (Å²) in [6.45, 7) is 9.25. The lowest BCUT2D eigenvalue weighted by molar-refractivity contribution is -0.141. The number of halogens is 4. The number of hydrogen-bond acceptors (Lipinski definition) is 17. The SMILES string of the molecule is CCCC(NC(=O)C(CC(C)C)NC(=O)C(NC(=O)c1c(F)ccc(F)c1C(=O)O)C1CCCCC1)/C(=N/NC(=O)NC(c1ccccc1)c1ccccc1)C(=O)NCC(=O)NC(C(=O)NC)c1ccccc1.CCCC(NC(=O)C(CC(C)C)NC(=O)C(NC(=O)c1c(F)ccc(F)c1C(=O)O)C1CCCCC1)C(=O)C(=O)NCC(=O)NC(C(=O)NC)c1ccccc1. The molecule has 33 nitrogen and oxygen atoms in total. The van der Waals surface area contributed by atoms with Crippen LogP contribution in [-0.4, -0.2) is 174 Å². The Morgan fingerprint density at radius 2 is 0.713 bits per heavy atom. The van der Waals surface area contributed by atoms with Gasteiger partial charge >= 0.3 is 18.0 Å². The van der Waals surface area contributed by atoms with Crippen LogP contribution in [0.1, 0.15) is 226 Å². The molecule has 0 radical (unpaired) electrons. The van der Waals surface area contributed by atoms with E-state index in [1.165, 1.54) is 14.1 Å². The number of carbonyl (C=O) groups is 16. The molecule has 37 heteroatoms. The van der Waals surface area contributed by atoms with Gasteiger partial charge < -0.3 is 79.3 Å². The normalized spacial score (nSPS) is 14.6. The lowest BCUT2D eigenvalue weighted by Crippen LogP contribution is -2.59. The number of urea groups is 1. The van der Waals surface area contributed by atoms with E-state index in [4.69, 9.17) is 0 Å². The number of likely N-dealkylation sites (N-methyl/N-ethyl adjacent to an activating group) is 2. The molecule has 2 aliphatic carbocycles. The minimum Gasteiger partial charge on any atom is -0.478 e. The number of rotatable bonds is 42. The summed E-state index contributed by atoms with van der Waals surface area (Å²) in [6, 6.07) is 25.6. The summed E-state index contributed by atoms with van der Waals surface area (Å²) in [4.78, 5) is 213. The van der Waals surface area contributed by atoms with Crippen molar-refractivity contribution < 1.29 is 104 Å². The van der Waals surface area contributed by atoms with Crippen LogP contribution in [0.15, 0.2) is 151 Å². The Labute approximate surface area is 744 Å². The monoisotopic (exact) mass is 1790 g/mol. The van der Waals surface area contributed by atoms with E-state index in [-0.39, 0.29) is 37.5 Å². The summed E-state index contributed by atoms with van der Waals surface area (Å²) in [7, 11) is 2.80. The van der Waals surface area contributed by atoms with Crippen LogP contribution in [0, 0.1) is 46.9 Å². The molecule has 8 atom stereocenters. The molecule has 0 bridgehead atoms. The predicted octanol–water partition coefficient (Wildman–Crippen LogP) is 7.77. The lowest BCUT2D eigenvalue weighted by Gasteiger charge is -2.32. The molecule has 8 rings (SSSR count). The molecule has 0 aromatic heterocycles. The van der Waals surface area contributed by atoms with Gasteiger partial charge in [0.2, 0.25) is 53.0 Å². The highest BCUT2D eigenvalue weighted by atomic mass is 19.1. The number of amides is 14. The Kier molecular flexibility index (Phi) is 40.6. The number of hydrazone groups is 1. The van der Waals surface area contributed by atoms with Crippen LogP contribution < -0.4 is 74.5 Å². The fraction of sp³-hybridized carbons (Fsp3) is 0.424. The highest BCUT2D eigenvalue weighted by Crippen LogP contribution is 2.31. The number of nitrogens with one attached hydrogen (secondary N) is 14. The molecular weight excluding hydrogens is 1680 g/mol. The van der Waals surface area contributed by atoms with Gasteiger partial charge in [0.05, 0.1) is 42.3 Å². The van der Waals surface area contributed by atoms with Crippen molar-refractivity contribution in [3.63, 3.8) is 0 Å². The quantitative estimate of drug-likeness (QED) is 0.00753. The van der Waals surface area contributed by atoms with Gasteiger partial charge in [-0.05, 0) is 122 Å². The van der Waals surface area contributed by atoms with E-state index in [1.807, 2.05) is 60.7 Å². The fourth-order valence-electron chi connectivity index (χ4n) is 15.2. The average Bonchev–Trinajstić information content (AvgIpc) is 0.798. The standard InChI is InChI=1S/C53H63F2N9O9.C39H50F2N6O9/c1-5-18-38(58-47(66)39(29-31(2)3)59-51(70)45(35-25-16-9-17-26-35)61-48(67)41-36(54)27-28-37(55)42(41)52(71)72)46(50(69)57-30-40(65)60-44(49(68)56-4)34-23-14-8-15-24-34)63-64-53(73)62-43(32-19-10-6-11-20-32)33-21-12-7-13-22-33;1-5-12-26(33(49)38(54)43-20-28(48)46-31(36(52)42-4)22-13-8-6-9-14-22)44-34(50)27(19-21(2)3)45-37(53)32(23-15-10-7-11-16-23)47-35(51)29-24(40)17-18-25(41)30(29)39(55)56/h6-8,10-15,19-24,27-28,31,35,38-39,43-45H,5,9,16-18,25-26,29-30H2,1-4H3,(H,56,68)(H,57,69)(H,58,66)(H,59,70)(H,60,65)(H,61,67)(H,71,72)(H2,62,64,73);6,8-9,13-14,17-18,21,23,26-27,31-32H,5,7,10-12,15-16,19-20H2,1-4H3,(H,42,52)(H,43,54)(H,44,50)(H,45,53)(H,46,48)(H,47,51)(H,55,56)/b63-46-;. The van der Waals surface area contributed by atoms with Gasteiger partial charge in [-0.2, -0.15) is 5.10 Å². The van der Waals surface area contributed by atoms with Gasteiger partial charge in [-0.15, -0.1) is 0 Å². The third-order valence-electron chi connectivity index (χ3n) is 21.6. The van der Waals surface area contributed by atoms with Gasteiger partial charge in [0.1, 0.15) is 76.4 Å². The average molecular weight is 1790 g/mol. The molecule has 0 aliphatic heterocycles. The number of hydrogen-bond donors (Lipinski definition) is 16. The molecule has 16 N–H and O–H groups in total. The molecule has 0 heterocycles. The first-order valence-corrected chi connectivity index (χ1v) is 42.8. The second kappa shape index (κ2) is 51.1. The van der Waals surface area contributed by atoms with Crippen LogP contribution >= 0.6 is 0 Å². The topological polar surface area (TPSA) is 494 Å². The van der Waals surface area contributed by atoms with E-state index < -0.39 is 225 Å². The minimum atomic E-state index is -1.90. The van der Waals surface area contributed by atoms with Gasteiger partial charge in [-0.25, -0.2) is 37.4 Å². The highest BCUT2D eigenvalue weighted by Gasteiger charge is 2.41. The molecule has 6 aromatic rings. The van der Waals surface area contributed by atoms with Crippen molar-refractivity contribution in [3.05, 3.63) is 213 Å². The Hall–Kier alpha value is -13.8. The van der Waals surface area contributed by atoms with Crippen LogP contribution in [0.3, 0.4) is 0 Å². The summed E-state index contributed by atoms with van der Waals surface area (Å²) in [5.74, 6) is -22.3. The first-order valence-electron chi connectivity index (χ1n) is 42.8. The Balaban J connectivity index is 0.000000366. The number of nitrogens with zero attached hydrogens (tertiary/aromatic N) is 1. The van der Waals surface area contributed by atoms with Crippen LogP contribution in [-0.2, 0) is 52.7 Å². The maximum atomic E-state index is 15.1. The second-order valence-corrected chi connectivity index (χ2v) is 32.1. The number of aromatic carboxylic acids is 2. The molecule has 0 spiro atoms. The number of ketones is 1. The highest BCUT2D eigenvalue weighted by molar-refractivity contribution is 6.41. The van der Waals surface area contributed by atoms with Crippen molar-refractivity contribution in [2.45, 2.75) is 199 Å². The van der Waals surface area contributed by atoms with Crippen molar-refractivity contribution >= 4 is 100 Å². The van der Waals surface area contributed by atoms with Crippen LogP contribution in [0.4, 0.5) is 22.4 Å². The molecule has 6 aromatic carbocycles. The fourth-order valence-corrected chi connectivity index (χ4v) is 15.2. The van der Waals surface area contributed by atoms with E-state index in [1.54, 1.807) is 102 Å². The Morgan fingerprint density at radius 3 is 1.06 bits per heavy atom. The van der Waals surface area contributed by atoms with Crippen LogP contribution in [0.25, 0.3) is 0 Å². The molecular formula is C92H113F4N15O18. The van der Waals surface area contributed by atoms with Crippen LogP contribution in [0.5, 0.6) is 0 Å². The third kappa shape index (κ3) is 30.5. The summed E-state index contributed by atoms with van der Waals surface area (Å²) in [6.07, 6.45) is 7.08. The largest absolute Gasteiger partial charge is 0.478 e. The zero-order valence-electron chi connectivity index (χ0n) is 73.0. The number of carbonyl (C=O) groups excluding carboxylic acids is 14. The van der Waals surface area contributed by atoms with E-state index in [0.29, 0.717) is 99.6 Å². The van der Waals surface area contributed by atoms with E-state index >= 15 is 4.39 Å². The van der Waals surface area contributed by atoms with E-state index in [0.717, 1.165) is 24.0 Å². The predicted molar refractivity (Wildman–Crippen MR) is 466 cm³/mol. The second-order valence-electron chi connectivity index (χ2n) is 32.1. The molecule has 2 saturated carbocycles. The first kappa shape index (κ1) is 102. The van der Waals surface area contributed by atoms with Gasteiger partial charge in [0.25, 0.3) is 23.6 Å². The number of benzene rings is 6. The maximum absolute atomic E-state index is 15.1. The Morgan fingerprint density at radius 1 is 0.380 bits per heavy atom. The smallest absolute Gasteiger partial charge is 0.339 e. The molecule has 2 fully saturated rings. The first-order chi connectivity index (χ1) is 61.6. The Bertz CT molecular complexity index is 4930. The molecule has 8 unspecified atom stereocenters.